The molecule has 0 fully saturated rings. The minimum absolute atomic E-state index is 0.270. The summed E-state index contributed by atoms with van der Waals surface area (Å²) in [5, 5.41) is 4.29. The van der Waals surface area contributed by atoms with E-state index in [1.807, 2.05) is 0 Å². The van der Waals surface area contributed by atoms with Crippen LogP contribution in [0.15, 0.2) is 24.3 Å². The van der Waals surface area contributed by atoms with Crippen molar-refractivity contribution >= 4 is 0 Å². The van der Waals surface area contributed by atoms with Gasteiger partial charge in [-0.1, -0.05) is 0 Å². The van der Waals surface area contributed by atoms with Crippen LogP contribution in [0.2, 0.25) is 0 Å². The highest BCUT2D eigenvalue weighted by atomic mass is 19.4. The number of aromatic nitrogens is 3. The summed E-state index contributed by atoms with van der Waals surface area (Å²) in [7, 11) is 0. The lowest BCUT2D eigenvalue weighted by atomic mass is 10.2. The van der Waals surface area contributed by atoms with Crippen LogP contribution < -0.4 is 4.74 Å². The lowest BCUT2D eigenvalue weighted by Gasteiger charge is -2.11. The number of nitrogens with zero attached hydrogens (tertiary/aromatic N) is 3. The Morgan fingerprint density at radius 1 is 1.20 bits per heavy atom. The number of hydrogen-bond donors (Lipinski definition) is 0. The molecule has 2 heterocycles. The lowest BCUT2D eigenvalue weighted by Crippen LogP contribution is -2.17. The Bertz CT molecular complexity index is 584. The maximum Gasteiger partial charge on any atom is 0.573 e. The molecule has 0 aliphatic carbocycles. The summed E-state index contributed by atoms with van der Waals surface area (Å²) in [5.41, 5.74) is 0.626. The second-order valence-electron chi connectivity index (χ2n) is 4.20. The van der Waals surface area contributed by atoms with E-state index in [9.17, 15) is 13.2 Å². The normalized spacial score (nSPS) is 14.9. The van der Waals surface area contributed by atoms with Crippen molar-refractivity contribution in [2.75, 3.05) is 6.61 Å². The van der Waals surface area contributed by atoms with E-state index in [-0.39, 0.29) is 5.75 Å². The number of halogens is 3. The van der Waals surface area contributed by atoms with E-state index in [1.54, 1.807) is 4.68 Å². The van der Waals surface area contributed by atoms with Crippen LogP contribution in [0.25, 0.3) is 11.4 Å². The van der Waals surface area contributed by atoms with E-state index in [2.05, 4.69) is 14.8 Å². The molecule has 1 aromatic carbocycles. The number of benzene rings is 1. The zero-order valence-electron chi connectivity index (χ0n) is 10.2. The van der Waals surface area contributed by atoms with Gasteiger partial charge in [-0.05, 0) is 24.3 Å². The molecule has 0 bridgehead atoms. The highest BCUT2D eigenvalue weighted by molar-refractivity contribution is 5.55. The van der Waals surface area contributed by atoms with Gasteiger partial charge in [0, 0.05) is 5.56 Å². The molecule has 0 atom stereocenters. The van der Waals surface area contributed by atoms with E-state index < -0.39 is 6.36 Å². The Morgan fingerprint density at radius 3 is 2.60 bits per heavy atom. The van der Waals surface area contributed by atoms with E-state index in [0.717, 1.165) is 0 Å². The predicted molar refractivity (Wildman–Crippen MR) is 61.8 cm³/mol. The molecular formula is C12H10F3N3O2. The van der Waals surface area contributed by atoms with Crippen molar-refractivity contribution in [2.45, 2.75) is 19.5 Å². The third kappa shape index (κ3) is 2.74. The molecule has 0 spiro atoms. The molecule has 1 aliphatic rings. The van der Waals surface area contributed by atoms with Crippen molar-refractivity contribution in [1.29, 1.82) is 0 Å². The van der Waals surface area contributed by atoms with E-state index >= 15 is 0 Å². The number of ether oxygens (including phenoxy) is 2. The monoisotopic (exact) mass is 285 g/mol. The van der Waals surface area contributed by atoms with Gasteiger partial charge in [-0.25, -0.2) is 9.67 Å². The van der Waals surface area contributed by atoms with Gasteiger partial charge in [0.05, 0.1) is 13.2 Å². The van der Waals surface area contributed by atoms with Crippen LogP contribution in [0, 0.1) is 0 Å². The molecule has 1 aliphatic heterocycles. The van der Waals surface area contributed by atoms with Crippen molar-refractivity contribution < 1.29 is 22.6 Å². The third-order valence-corrected chi connectivity index (χ3v) is 2.77. The number of fused-ring (bicyclic) bond motifs is 1. The molecule has 20 heavy (non-hydrogen) atoms. The zero-order chi connectivity index (χ0) is 14.2. The minimum Gasteiger partial charge on any atom is -0.406 e. The molecule has 0 saturated carbocycles. The number of alkyl halides is 3. The molecule has 5 nitrogen and oxygen atoms in total. The number of hydrogen-bond acceptors (Lipinski definition) is 4. The molecule has 3 rings (SSSR count). The zero-order valence-corrected chi connectivity index (χ0v) is 10.2. The van der Waals surface area contributed by atoms with Crippen LogP contribution in [0.5, 0.6) is 5.75 Å². The Balaban J connectivity index is 1.82. The van der Waals surface area contributed by atoms with Crippen molar-refractivity contribution in [3.8, 4) is 17.1 Å². The molecule has 0 saturated heterocycles. The van der Waals surface area contributed by atoms with Crippen LogP contribution in [0.1, 0.15) is 5.82 Å². The van der Waals surface area contributed by atoms with E-state index in [4.69, 9.17) is 4.74 Å². The first kappa shape index (κ1) is 12.9. The summed E-state index contributed by atoms with van der Waals surface area (Å²) in [4.78, 5) is 4.29. The number of rotatable bonds is 2. The standard InChI is InChI=1S/C12H10F3N3O2/c13-12(14,15)20-9-3-1-8(2-4-9)11-16-10-7-19-6-5-18(10)17-11/h1-4H,5-7H2. The van der Waals surface area contributed by atoms with Gasteiger partial charge >= 0.3 is 6.36 Å². The molecular weight excluding hydrogens is 275 g/mol. The first-order valence-corrected chi connectivity index (χ1v) is 5.89. The molecule has 8 heteroatoms. The Morgan fingerprint density at radius 2 is 1.95 bits per heavy atom. The Kier molecular flexibility index (Phi) is 3.09. The maximum atomic E-state index is 12.1. The topological polar surface area (TPSA) is 49.2 Å². The molecule has 0 radical (unpaired) electrons. The predicted octanol–water partition coefficient (Wildman–Crippen LogP) is 2.37. The summed E-state index contributed by atoms with van der Waals surface area (Å²) in [6.07, 6.45) is -4.69. The van der Waals surface area contributed by atoms with Crippen LogP contribution in [0.3, 0.4) is 0 Å². The van der Waals surface area contributed by atoms with Gasteiger partial charge in [0.25, 0.3) is 0 Å². The first-order chi connectivity index (χ1) is 9.51. The Hall–Kier alpha value is -2.09. The summed E-state index contributed by atoms with van der Waals surface area (Å²) in [5.74, 6) is 0.902. The first-order valence-electron chi connectivity index (χ1n) is 5.89. The maximum absolute atomic E-state index is 12.1. The van der Waals surface area contributed by atoms with Gasteiger partial charge in [0.2, 0.25) is 0 Å². The van der Waals surface area contributed by atoms with Gasteiger partial charge < -0.3 is 9.47 Å². The largest absolute Gasteiger partial charge is 0.573 e. The SMILES string of the molecule is FC(F)(F)Oc1ccc(-c2nc3n(n2)CCOC3)cc1. The average molecular weight is 285 g/mol. The fraction of sp³-hybridized carbons (Fsp3) is 0.333. The fourth-order valence-electron chi connectivity index (χ4n) is 1.90. The van der Waals surface area contributed by atoms with Crippen molar-refractivity contribution in [1.82, 2.24) is 14.8 Å². The Labute approximate surface area is 111 Å². The minimum atomic E-state index is -4.69. The van der Waals surface area contributed by atoms with Gasteiger partial charge in [0.15, 0.2) is 11.6 Å². The van der Waals surface area contributed by atoms with Crippen molar-refractivity contribution in [3.63, 3.8) is 0 Å². The molecule has 0 amide bonds. The van der Waals surface area contributed by atoms with Crippen LogP contribution >= 0.6 is 0 Å². The van der Waals surface area contributed by atoms with Crippen molar-refractivity contribution in [2.24, 2.45) is 0 Å². The average Bonchev–Trinajstić information content (AvgIpc) is 2.81. The summed E-state index contributed by atoms with van der Waals surface area (Å²) in [6, 6.07) is 5.45. The molecule has 1 aromatic heterocycles. The molecule has 0 N–H and O–H groups in total. The second-order valence-corrected chi connectivity index (χ2v) is 4.20. The van der Waals surface area contributed by atoms with Crippen LogP contribution in [-0.4, -0.2) is 27.7 Å². The second kappa shape index (κ2) is 4.78. The van der Waals surface area contributed by atoms with Gasteiger partial charge in [-0.3, -0.25) is 0 Å². The van der Waals surface area contributed by atoms with Gasteiger partial charge in [-0.15, -0.1) is 13.2 Å². The molecule has 2 aromatic rings. The summed E-state index contributed by atoms with van der Waals surface area (Å²) < 4.78 is 47.0. The molecule has 106 valence electrons. The van der Waals surface area contributed by atoms with E-state index in [1.165, 1.54) is 24.3 Å². The third-order valence-electron chi connectivity index (χ3n) is 2.77. The lowest BCUT2D eigenvalue weighted by molar-refractivity contribution is -0.274. The van der Waals surface area contributed by atoms with Gasteiger partial charge in [0.1, 0.15) is 12.4 Å². The van der Waals surface area contributed by atoms with Crippen molar-refractivity contribution in [3.05, 3.63) is 30.1 Å². The summed E-state index contributed by atoms with van der Waals surface area (Å²) >= 11 is 0. The molecule has 0 unspecified atom stereocenters. The van der Waals surface area contributed by atoms with E-state index in [0.29, 0.717) is 37.0 Å². The van der Waals surface area contributed by atoms with Crippen LogP contribution in [0.4, 0.5) is 13.2 Å². The smallest absolute Gasteiger partial charge is 0.406 e. The highest BCUT2D eigenvalue weighted by Gasteiger charge is 2.31. The van der Waals surface area contributed by atoms with Crippen LogP contribution in [-0.2, 0) is 17.9 Å². The summed E-state index contributed by atoms with van der Waals surface area (Å²) in [6.45, 7) is 1.59. The highest BCUT2D eigenvalue weighted by Crippen LogP contribution is 2.25. The van der Waals surface area contributed by atoms with Gasteiger partial charge in [-0.2, -0.15) is 5.10 Å². The fourth-order valence-corrected chi connectivity index (χ4v) is 1.90. The quantitative estimate of drug-likeness (QED) is 0.850.